The molecule has 1 aromatic carbocycles. The molecule has 1 unspecified atom stereocenters. The van der Waals surface area contributed by atoms with Gasteiger partial charge in [-0.2, -0.15) is 0 Å². The second kappa shape index (κ2) is 6.11. The number of nitrogens with zero attached hydrogens (tertiary/aromatic N) is 1. The van der Waals surface area contributed by atoms with Gasteiger partial charge in [-0.15, -0.1) is 11.8 Å². The summed E-state index contributed by atoms with van der Waals surface area (Å²) in [6, 6.07) is 7.69. The molecule has 1 amide bonds. The van der Waals surface area contributed by atoms with Crippen molar-refractivity contribution in [2.75, 3.05) is 29.6 Å². The van der Waals surface area contributed by atoms with Crippen LogP contribution in [-0.2, 0) is 4.79 Å². The first-order valence-electron chi connectivity index (χ1n) is 6.09. The Morgan fingerprint density at radius 1 is 1.50 bits per heavy atom. The van der Waals surface area contributed by atoms with Gasteiger partial charge in [-0.1, -0.05) is 12.1 Å². The van der Waals surface area contributed by atoms with Crippen LogP contribution in [0.4, 0.5) is 5.69 Å². The van der Waals surface area contributed by atoms with Crippen molar-refractivity contribution in [3.8, 4) is 5.75 Å². The highest BCUT2D eigenvalue weighted by atomic mass is 32.2. The van der Waals surface area contributed by atoms with E-state index in [2.05, 4.69) is 0 Å². The third kappa shape index (κ3) is 2.62. The summed E-state index contributed by atoms with van der Waals surface area (Å²) in [5.74, 6) is 2.24. The molecule has 18 heavy (non-hydrogen) atoms. The van der Waals surface area contributed by atoms with Crippen molar-refractivity contribution >= 4 is 23.4 Å². The summed E-state index contributed by atoms with van der Waals surface area (Å²) in [6.45, 7) is 2.99. The fraction of sp³-hybridized carbons (Fsp3) is 0.462. The van der Waals surface area contributed by atoms with Gasteiger partial charge in [0.15, 0.2) is 0 Å². The van der Waals surface area contributed by atoms with Crippen molar-refractivity contribution in [3.05, 3.63) is 24.3 Å². The summed E-state index contributed by atoms with van der Waals surface area (Å²) in [5, 5.41) is 0. The van der Waals surface area contributed by atoms with E-state index in [4.69, 9.17) is 10.5 Å². The summed E-state index contributed by atoms with van der Waals surface area (Å²) in [5.41, 5.74) is 6.60. The largest absolute Gasteiger partial charge is 0.492 e. The Balaban J connectivity index is 2.35. The molecular weight excluding hydrogens is 248 g/mol. The molecule has 1 heterocycles. The fourth-order valence-corrected chi connectivity index (χ4v) is 3.06. The zero-order valence-corrected chi connectivity index (χ0v) is 11.3. The number of carbonyl (C=O) groups excluding carboxylic acids is 1. The molecule has 1 aliphatic rings. The second-order valence-corrected chi connectivity index (χ2v) is 5.10. The van der Waals surface area contributed by atoms with Gasteiger partial charge in [0.25, 0.3) is 0 Å². The van der Waals surface area contributed by atoms with Crippen LogP contribution >= 0.6 is 11.8 Å². The number of carbonyl (C=O) groups is 1. The maximum absolute atomic E-state index is 12.1. The number of amides is 1. The first-order chi connectivity index (χ1) is 8.77. The maximum Gasteiger partial charge on any atom is 0.237 e. The number of hydrogen-bond acceptors (Lipinski definition) is 4. The van der Waals surface area contributed by atoms with Crippen LogP contribution in [0.2, 0.25) is 0 Å². The van der Waals surface area contributed by atoms with Crippen molar-refractivity contribution < 1.29 is 9.53 Å². The molecule has 2 rings (SSSR count). The van der Waals surface area contributed by atoms with E-state index in [1.807, 2.05) is 31.2 Å². The standard InChI is InChI=1S/C13H18N2O2S/c1-2-17-12-6-4-3-5-11(12)15-10(7-14)8-18-9-13(15)16/h3-6,10H,2,7-9,14H2,1H3. The topological polar surface area (TPSA) is 55.6 Å². The molecule has 1 saturated heterocycles. The van der Waals surface area contributed by atoms with E-state index in [0.29, 0.717) is 18.9 Å². The SMILES string of the molecule is CCOc1ccccc1N1C(=O)CSCC1CN. The lowest BCUT2D eigenvalue weighted by molar-refractivity contribution is -0.116. The third-order valence-corrected chi connectivity index (χ3v) is 3.94. The zero-order chi connectivity index (χ0) is 13.0. The number of thioether (sulfide) groups is 1. The van der Waals surface area contributed by atoms with Gasteiger partial charge < -0.3 is 15.4 Å². The van der Waals surface area contributed by atoms with Gasteiger partial charge in [-0.05, 0) is 19.1 Å². The minimum atomic E-state index is 0.0536. The average molecular weight is 266 g/mol. The molecule has 1 aliphatic heterocycles. The smallest absolute Gasteiger partial charge is 0.237 e. The number of ether oxygens (including phenoxy) is 1. The van der Waals surface area contributed by atoms with E-state index in [1.165, 1.54) is 0 Å². The Bertz CT molecular complexity index is 425. The second-order valence-electron chi connectivity index (χ2n) is 4.07. The van der Waals surface area contributed by atoms with Crippen molar-refractivity contribution in [2.45, 2.75) is 13.0 Å². The Labute approximate surface area is 111 Å². The average Bonchev–Trinajstić information content (AvgIpc) is 2.40. The van der Waals surface area contributed by atoms with Crippen LogP contribution in [0.1, 0.15) is 6.92 Å². The van der Waals surface area contributed by atoms with Crippen molar-refractivity contribution in [3.63, 3.8) is 0 Å². The number of benzene rings is 1. The van der Waals surface area contributed by atoms with Crippen LogP contribution in [0.25, 0.3) is 0 Å². The minimum absolute atomic E-state index is 0.0536. The summed E-state index contributed by atoms with van der Waals surface area (Å²) >= 11 is 1.64. The first kappa shape index (κ1) is 13.2. The van der Waals surface area contributed by atoms with E-state index in [0.717, 1.165) is 17.2 Å². The molecule has 0 saturated carbocycles. The van der Waals surface area contributed by atoms with E-state index >= 15 is 0 Å². The van der Waals surface area contributed by atoms with Crippen LogP contribution in [0, 0.1) is 0 Å². The predicted molar refractivity (Wildman–Crippen MR) is 75.3 cm³/mol. The first-order valence-corrected chi connectivity index (χ1v) is 7.25. The van der Waals surface area contributed by atoms with Crippen molar-refractivity contribution in [1.29, 1.82) is 0 Å². The Morgan fingerprint density at radius 2 is 2.28 bits per heavy atom. The lowest BCUT2D eigenvalue weighted by Crippen LogP contribution is -2.50. The summed E-state index contributed by atoms with van der Waals surface area (Å²) < 4.78 is 5.59. The summed E-state index contributed by atoms with van der Waals surface area (Å²) in [4.78, 5) is 13.9. The highest BCUT2D eigenvalue weighted by Crippen LogP contribution is 2.32. The van der Waals surface area contributed by atoms with Gasteiger partial charge in [-0.3, -0.25) is 4.79 Å². The van der Waals surface area contributed by atoms with Crippen molar-refractivity contribution in [1.82, 2.24) is 0 Å². The Hall–Kier alpha value is -1.20. The van der Waals surface area contributed by atoms with Gasteiger partial charge in [0.1, 0.15) is 5.75 Å². The molecule has 1 fully saturated rings. The lowest BCUT2D eigenvalue weighted by atomic mass is 10.2. The number of para-hydroxylation sites is 2. The molecule has 0 radical (unpaired) electrons. The molecule has 1 atom stereocenters. The number of anilines is 1. The normalized spacial score (nSPS) is 20.0. The monoisotopic (exact) mass is 266 g/mol. The maximum atomic E-state index is 12.1. The lowest BCUT2D eigenvalue weighted by Gasteiger charge is -2.35. The van der Waals surface area contributed by atoms with Crippen LogP contribution in [0.5, 0.6) is 5.75 Å². The molecule has 0 aromatic heterocycles. The predicted octanol–water partition coefficient (Wildman–Crippen LogP) is 1.49. The van der Waals surface area contributed by atoms with E-state index in [-0.39, 0.29) is 11.9 Å². The molecule has 1 aromatic rings. The number of hydrogen-bond donors (Lipinski definition) is 1. The number of nitrogens with two attached hydrogens (primary N) is 1. The molecule has 0 spiro atoms. The van der Waals surface area contributed by atoms with Crippen molar-refractivity contribution in [2.24, 2.45) is 5.73 Å². The third-order valence-electron chi connectivity index (χ3n) is 2.87. The van der Waals surface area contributed by atoms with E-state index < -0.39 is 0 Å². The van der Waals surface area contributed by atoms with Gasteiger partial charge in [-0.25, -0.2) is 0 Å². The van der Waals surface area contributed by atoms with Crippen LogP contribution in [0.3, 0.4) is 0 Å². The molecule has 4 nitrogen and oxygen atoms in total. The molecule has 5 heteroatoms. The van der Waals surface area contributed by atoms with E-state index in [1.54, 1.807) is 16.7 Å². The highest BCUT2D eigenvalue weighted by molar-refractivity contribution is 8.00. The molecule has 0 aliphatic carbocycles. The van der Waals surface area contributed by atoms with Crippen LogP contribution in [0.15, 0.2) is 24.3 Å². The van der Waals surface area contributed by atoms with E-state index in [9.17, 15) is 4.79 Å². The summed E-state index contributed by atoms with van der Waals surface area (Å²) in [7, 11) is 0. The van der Waals surface area contributed by atoms with Gasteiger partial charge in [0.2, 0.25) is 5.91 Å². The zero-order valence-electron chi connectivity index (χ0n) is 10.5. The van der Waals surface area contributed by atoms with Gasteiger partial charge >= 0.3 is 0 Å². The van der Waals surface area contributed by atoms with Crippen LogP contribution in [-0.4, -0.2) is 36.6 Å². The quantitative estimate of drug-likeness (QED) is 0.897. The minimum Gasteiger partial charge on any atom is -0.492 e. The number of rotatable bonds is 4. The highest BCUT2D eigenvalue weighted by Gasteiger charge is 2.30. The molecule has 0 bridgehead atoms. The van der Waals surface area contributed by atoms with Gasteiger partial charge in [0, 0.05) is 12.3 Å². The molecular formula is C13H18N2O2S. The Kier molecular flexibility index (Phi) is 4.49. The Morgan fingerprint density at radius 3 is 3.00 bits per heavy atom. The van der Waals surface area contributed by atoms with Crippen LogP contribution < -0.4 is 15.4 Å². The molecule has 2 N–H and O–H groups in total. The summed E-state index contributed by atoms with van der Waals surface area (Å²) in [6.07, 6.45) is 0. The van der Waals surface area contributed by atoms with Gasteiger partial charge in [0.05, 0.1) is 24.1 Å². The molecule has 98 valence electrons. The fourth-order valence-electron chi connectivity index (χ4n) is 2.07.